The van der Waals surface area contributed by atoms with Gasteiger partial charge < -0.3 is 14.2 Å². The molecule has 0 N–H and O–H groups in total. The molecule has 0 radical (unpaired) electrons. The molecule has 0 bridgehead atoms. The lowest BCUT2D eigenvalue weighted by Gasteiger charge is -2.39. The highest BCUT2D eigenvalue weighted by molar-refractivity contribution is 6.30. The first-order valence-electron chi connectivity index (χ1n) is 13.5. The quantitative estimate of drug-likeness (QED) is 0.353. The number of fused-ring (bicyclic) bond motifs is 2. The zero-order valence-electron chi connectivity index (χ0n) is 24.0. The molecule has 40 heavy (non-hydrogen) atoms. The van der Waals surface area contributed by atoms with Crippen molar-refractivity contribution in [2.45, 2.75) is 39.7 Å². The summed E-state index contributed by atoms with van der Waals surface area (Å²) >= 11 is 6.58. The Bertz CT molecular complexity index is 1400. The molecular weight excluding hydrogens is 522 g/mol. The SMILES string of the molecule is C#C.C[C@H](C1=Cc2cccnc2[C@@H](N2CCN(C(=O)OCC(C)(C)C)CC2)c2ccc(Cl)cc21)c1cncn1C. The predicted molar refractivity (Wildman–Crippen MR) is 161 cm³/mol. The van der Waals surface area contributed by atoms with E-state index in [9.17, 15) is 4.79 Å². The molecule has 1 aliphatic heterocycles. The molecule has 1 aliphatic carbocycles. The van der Waals surface area contributed by atoms with E-state index in [2.05, 4.69) is 79.3 Å². The lowest BCUT2D eigenvalue weighted by molar-refractivity contribution is 0.0494. The molecule has 7 nitrogen and oxygen atoms in total. The third-order valence-corrected chi connectivity index (χ3v) is 7.63. The van der Waals surface area contributed by atoms with Gasteiger partial charge in [-0.2, -0.15) is 0 Å². The zero-order chi connectivity index (χ0) is 29.0. The number of carbonyl (C=O) groups is 1. The second-order valence-electron chi connectivity index (χ2n) is 11.5. The zero-order valence-corrected chi connectivity index (χ0v) is 24.7. The molecule has 2 aliphatic rings. The van der Waals surface area contributed by atoms with Crippen molar-refractivity contribution in [1.29, 1.82) is 0 Å². The van der Waals surface area contributed by atoms with Gasteiger partial charge in [0.1, 0.15) is 0 Å². The number of pyridine rings is 1. The first-order valence-corrected chi connectivity index (χ1v) is 13.9. The van der Waals surface area contributed by atoms with E-state index in [0.29, 0.717) is 24.7 Å². The molecular formula is C32H38ClN5O2. The summed E-state index contributed by atoms with van der Waals surface area (Å²) in [4.78, 5) is 26.2. The molecule has 0 spiro atoms. The van der Waals surface area contributed by atoms with Crippen LogP contribution >= 0.6 is 11.6 Å². The number of allylic oxidation sites excluding steroid dienone is 1. The van der Waals surface area contributed by atoms with E-state index in [1.807, 2.05) is 42.8 Å². The summed E-state index contributed by atoms with van der Waals surface area (Å²) in [5, 5.41) is 0.705. The highest BCUT2D eigenvalue weighted by Gasteiger charge is 2.35. The largest absolute Gasteiger partial charge is 0.449 e. The molecule has 3 heterocycles. The molecule has 8 heteroatoms. The van der Waals surface area contributed by atoms with Crippen molar-refractivity contribution in [3.63, 3.8) is 0 Å². The number of rotatable bonds is 4. The van der Waals surface area contributed by atoms with Crippen LogP contribution in [0, 0.1) is 18.3 Å². The monoisotopic (exact) mass is 559 g/mol. The molecule has 0 saturated carbocycles. The summed E-state index contributed by atoms with van der Waals surface area (Å²) in [6.45, 7) is 11.5. The second-order valence-corrected chi connectivity index (χ2v) is 11.9. The number of ether oxygens (including phenoxy) is 1. The third kappa shape index (κ3) is 6.24. The summed E-state index contributed by atoms with van der Waals surface area (Å²) in [5.74, 6) is 0.0981. The first kappa shape index (κ1) is 29.4. The molecule has 1 fully saturated rings. The standard InChI is InChI=1S/C30H36ClN5O2.C2H2/c1-20(26-17-32-19-34(26)5)24-15-21-7-6-10-33-27(21)28(23-9-8-22(31)16-25(23)24)35-11-13-36(14-12-35)29(37)38-18-30(2,3)4;1-2/h6-10,15-17,19-20,28H,11-14,18H2,1-5H3;1-2H/t20-,28+;/m1./s1. The van der Waals surface area contributed by atoms with Gasteiger partial charge in [0.2, 0.25) is 0 Å². The fourth-order valence-corrected chi connectivity index (χ4v) is 5.57. The lowest BCUT2D eigenvalue weighted by atomic mass is 9.87. The van der Waals surface area contributed by atoms with E-state index in [4.69, 9.17) is 21.3 Å². The maximum atomic E-state index is 12.7. The minimum atomic E-state index is -0.236. The molecule has 1 amide bonds. The van der Waals surface area contributed by atoms with E-state index in [1.165, 1.54) is 11.1 Å². The van der Waals surface area contributed by atoms with Gasteiger partial charge in [0.05, 0.1) is 24.7 Å². The minimum absolute atomic E-state index is 0.0568. The van der Waals surface area contributed by atoms with Crippen LogP contribution in [-0.4, -0.2) is 63.2 Å². The maximum Gasteiger partial charge on any atom is 0.409 e. The van der Waals surface area contributed by atoms with Gasteiger partial charge >= 0.3 is 6.09 Å². The van der Waals surface area contributed by atoms with Gasteiger partial charge in [-0.1, -0.05) is 51.4 Å². The number of amides is 1. The normalized spacial score (nSPS) is 17.9. The van der Waals surface area contributed by atoms with Gasteiger partial charge in [0.15, 0.2) is 0 Å². The highest BCUT2D eigenvalue weighted by Crippen LogP contribution is 2.44. The van der Waals surface area contributed by atoms with Crippen molar-refractivity contribution in [2.24, 2.45) is 12.5 Å². The van der Waals surface area contributed by atoms with E-state index in [-0.39, 0.29) is 23.5 Å². The number of benzene rings is 1. The van der Waals surface area contributed by atoms with Crippen molar-refractivity contribution < 1.29 is 9.53 Å². The van der Waals surface area contributed by atoms with E-state index < -0.39 is 0 Å². The van der Waals surface area contributed by atoms with Crippen molar-refractivity contribution in [3.8, 4) is 12.8 Å². The number of terminal acetylenes is 1. The molecule has 210 valence electrons. The summed E-state index contributed by atoms with van der Waals surface area (Å²) in [6.07, 6.45) is 15.7. The molecule has 1 aromatic carbocycles. The highest BCUT2D eigenvalue weighted by atomic mass is 35.5. The fraction of sp³-hybridized carbons (Fsp3) is 0.406. The average Bonchev–Trinajstić information content (AvgIpc) is 3.32. The Balaban J connectivity index is 0.00000181. The Labute approximate surface area is 242 Å². The predicted octanol–water partition coefficient (Wildman–Crippen LogP) is 6.27. The Morgan fingerprint density at radius 2 is 1.90 bits per heavy atom. The van der Waals surface area contributed by atoms with E-state index >= 15 is 0 Å². The molecule has 1 saturated heterocycles. The van der Waals surface area contributed by atoms with Crippen LogP contribution in [0.15, 0.2) is 49.1 Å². The number of nitrogens with zero attached hydrogens (tertiary/aromatic N) is 5. The number of aromatic nitrogens is 3. The molecule has 3 aromatic rings. The fourth-order valence-electron chi connectivity index (χ4n) is 5.39. The summed E-state index contributed by atoms with van der Waals surface area (Å²) < 4.78 is 7.65. The number of carbonyl (C=O) groups excluding carboxylic acids is 1. The third-order valence-electron chi connectivity index (χ3n) is 7.39. The van der Waals surface area contributed by atoms with Gasteiger partial charge in [0.25, 0.3) is 0 Å². The van der Waals surface area contributed by atoms with Crippen LogP contribution in [0.2, 0.25) is 5.02 Å². The Kier molecular flexibility index (Phi) is 9.02. The first-order chi connectivity index (χ1) is 19.1. The Morgan fingerprint density at radius 1 is 1.18 bits per heavy atom. The van der Waals surface area contributed by atoms with Crippen molar-refractivity contribution >= 4 is 29.3 Å². The maximum absolute atomic E-state index is 12.7. The van der Waals surface area contributed by atoms with Gasteiger partial charge in [-0.3, -0.25) is 9.88 Å². The minimum Gasteiger partial charge on any atom is -0.449 e. The van der Waals surface area contributed by atoms with Crippen molar-refractivity contribution in [1.82, 2.24) is 24.3 Å². The van der Waals surface area contributed by atoms with Crippen LogP contribution in [0.3, 0.4) is 0 Å². The van der Waals surface area contributed by atoms with Gasteiger partial charge in [-0.05, 0) is 52.0 Å². The number of hydrogen-bond donors (Lipinski definition) is 0. The number of hydrogen-bond acceptors (Lipinski definition) is 5. The smallest absolute Gasteiger partial charge is 0.409 e. The van der Waals surface area contributed by atoms with Crippen LogP contribution in [0.1, 0.15) is 67.7 Å². The molecule has 0 unspecified atom stereocenters. The van der Waals surface area contributed by atoms with E-state index in [0.717, 1.165) is 35.6 Å². The summed E-state index contributed by atoms with van der Waals surface area (Å²) in [7, 11) is 2.03. The van der Waals surface area contributed by atoms with Crippen LogP contribution in [0.4, 0.5) is 4.79 Å². The summed E-state index contributed by atoms with van der Waals surface area (Å²) in [5.41, 5.74) is 6.68. The Morgan fingerprint density at radius 3 is 2.55 bits per heavy atom. The number of halogens is 1. The lowest BCUT2D eigenvalue weighted by Crippen LogP contribution is -2.50. The van der Waals surface area contributed by atoms with Crippen LogP contribution < -0.4 is 0 Å². The molecule has 2 aromatic heterocycles. The van der Waals surface area contributed by atoms with Crippen LogP contribution in [0.25, 0.3) is 11.6 Å². The Hall–Kier alpha value is -3.60. The number of aryl methyl sites for hydroxylation is 1. The van der Waals surface area contributed by atoms with Crippen LogP contribution in [0.5, 0.6) is 0 Å². The van der Waals surface area contributed by atoms with Crippen LogP contribution in [-0.2, 0) is 11.8 Å². The topological polar surface area (TPSA) is 63.5 Å². The van der Waals surface area contributed by atoms with Gasteiger partial charge in [0, 0.05) is 62.3 Å². The number of imidazole rings is 1. The van der Waals surface area contributed by atoms with Crippen molar-refractivity contribution in [2.75, 3.05) is 32.8 Å². The number of piperazine rings is 1. The van der Waals surface area contributed by atoms with E-state index in [1.54, 1.807) is 0 Å². The molecule has 2 atom stereocenters. The summed E-state index contributed by atoms with van der Waals surface area (Å²) in [6, 6.07) is 10.3. The molecule has 5 rings (SSSR count). The average molecular weight is 560 g/mol. The van der Waals surface area contributed by atoms with Crippen molar-refractivity contribution in [3.05, 3.63) is 82.2 Å². The second kappa shape index (κ2) is 12.3. The van der Waals surface area contributed by atoms with Gasteiger partial charge in [-0.25, -0.2) is 9.78 Å². The van der Waals surface area contributed by atoms with Gasteiger partial charge in [-0.15, -0.1) is 12.8 Å².